The molecule has 0 aromatic rings. The lowest BCUT2D eigenvalue weighted by Gasteiger charge is -2.37. The highest BCUT2D eigenvalue weighted by Gasteiger charge is 2.27. The number of nitrogens with zero attached hydrogens (tertiary/aromatic N) is 2. The first kappa shape index (κ1) is 15.3. The van der Waals surface area contributed by atoms with E-state index in [2.05, 4.69) is 30.6 Å². The molecular weight excluding hydrogens is 234 g/mol. The third kappa shape index (κ3) is 5.80. The smallest absolute Gasteiger partial charge is 0.0110 e. The Kier molecular flexibility index (Phi) is 5.27. The van der Waals surface area contributed by atoms with Crippen molar-refractivity contribution in [2.24, 2.45) is 23.0 Å². The van der Waals surface area contributed by atoms with Crippen LogP contribution >= 0.6 is 0 Å². The average molecular weight is 267 g/mol. The molecule has 0 bridgehead atoms. The Morgan fingerprint density at radius 1 is 1.05 bits per heavy atom. The summed E-state index contributed by atoms with van der Waals surface area (Å²) < 4.78 is 0. The number of hydrogen-bond donors (Lipinski definition) is 1. The molecule has 1 unspecified atom stereocenters. The molecule has 2 N–H and O–H groups in total. The SMILES string of the molecule is CC(C)(C)CC(CN)CN1CCN(CC2CC2)CC1. The summed E-state index contributed by atoms with van der Waals surface area (Å²) in [5.41, 5.74) is 6.36. The van der Waals surface area contributed by atoms with Gasteiger partial charge in [-0.15, -0.1) is 0 Å². The summed E-state index contributed by atoms with van der Waals surface area (Å²) in [6.07, 6.45) is 4.19. The van der Waals surface area contributed by atoms with Crippen LogP contribution in [0.3, 0.4) is 0 Å². The number of piperazine rings is 1. The van der Waals surface area contributed by atoms with Gasteiger partial charge in [-0.3, -0.25) is 0 Å². The Morgan fingerprint density at radius 3 is 2.11 bits per heavy atom. The minimum absolute atomic E-state index is 0.401. The summed E-state index contributed by atoms with van der Waals surface area (Å²) in [5, 5.41) is 0. The van der Waals surface area contributed by atoms with Crippen LogP contribution in [0, 0.1) is 17.3 Å². The van der Waals surface area contributed by atoms with Gasteiger partial charge in [-0.1, -0.05) is 20.8 Å². The lowest BCUT2D eigenvalue weighted by molar-refractivity contribution is 0.107. The summed E-state index contributed by atoms with van der Waals surface area (Å²) in [4.78, 5) is 5.29. The summed E-state index contributed by atoms with van der Waals surface area (Å²) in [6, 6.07) is 0. The molecule has 2 aliphatic rings. The second kappa shape index (κ2) is 6.55. The highest BCUT2D eigenvalue weighted by atomic mass is 15.3. The van der Waals surface area contributed by atoms with E-state index in [1.165, 1.54) is 58.5 Å². The molecule has 0 aromatic heterocycles. The van der Waals surface area contributed by atoms with Crippen LogP contribution in [-0.4, -0.2) is 55.6 Å². The molecule has 0 spiro atoms. The molecule has 1 atom stereocenters. The molecule has 3 nitrogen and oxygen atoms in total. The van der Waals surface area contributed by atoms with E-state index < -0.39 is 0 Å². The summed E-state index contributed by atoms with van der Waals surface area (Å²) in [7, 11) is 0. The standard InChI is InChI=1S/C16H33N3/c1-16(2,3)10-15(11-17)13-19-8-6-18(7-9-19)12-14-4-5-14/h14-15H,4-13,17H2,1-3H3. The first-order chi connectivity index (χ1) is 8.96. The Labute approximate surface area is 119 Å². The summed E-state index contributed by atoms with van der Waals surface area (Å²) in [6.45, 7) is 15.4. The van der Waals surface area contributed by atoms with Gasteiger partial charge in [0.1, 0.15) is 0 Å². The molecule has 1 saturated carbocycles. The number of hydrogen-bond acceptors (Lipinski definition) is 3. The Balaban J connectivity index is 1.68. The van der Waals surface area contributed by atoms with Crippen molar-refractivity contribution in [3.05, 3.63) is 0 Å². The largest absolute Gasteiger partial charge is 0.330 e. The quantitative estimate of drug-likeness (QED) is 0.799. The van der Waals surface area contributed by atoms with Crippen molar-refractivity contribution in [1.29, 1.82) is 0 Å². The van der Waals surface area contributed by atoms with Gasteiger partial charge in [0.05, 0.1) is 0 Å². The minimum atomic E-state index is 0.401. The van der Waals surface area contributed by atoms with Crippen molar-refractivity contribution in [3.63, 3.8) is 0 Å². The lowest BCUT2D eigenvalue weighted by atomic mass is 9.84. The Hall–Kier alpha value is -0.120. The maximum atomic E-state index is 5.96. The molecule has 0 amide bonds. The molecule has 1 aliphatic heterocycles. The molecule has 1 saturated heterocycles. The third-order valence-electron chi connectivity index (χ3n) is 4.43. The zero-order valence-corrected chi connectivity index (χ0v) is 13.2. The fraction of sp³-hybridized carbons (Fsp3) is 1.00. The van der Waals surface area contributed by atoms with Crippen molar-refractivity contribution in [2.75, 3.05) is 45.8 Å². The number of rotatable bonds is 6. The van der Waals surface area contributed by atoms with Crippen LogP contribution in [0.25, 0.3) is 0 Å². The molecule has 1 heterocycles. The second-order valence-electron chi connectivity index (χ2n) is 7.91. The van der Waals surface area contributed by atoms with Crippen LogP contribution in [0.15, 0.2) is 0 Å². The van der Waals surface area contributed by atoms with E-state index in [4.69, 9.17) is 5.73 Å². The highest BCUT2D eigenvalue weighted by molar-refractivity contribution is 4.82. The van der Waals surface area contributed by atoms with Crippen molar-refractivity contribution >= 4 is 0 Å². The van der Waals surface area contributed by atoms with Gasteiger partial charge in [-0.05, 0) is 43.1 Å². The van der Waals surface area contributed by atoms with Crippen molar-refractivity contribution < 1.29 is 0 Å². The van der Waals surface area contributed by atoms with Gasteiger partial charge < -0.3 is 15.5 Å². The van der Waals surface area contributed by atoms with E-state index in [1.54, 1.807) is 0 Å². The lowest BCUT2D eigenvalue weighted by Crippen LogP contribution is -2.49. The fourth-order valence-corrected chi connectivity index (χ4v) is 3.27. The molecule has 112 valence electrons. The highest BCUT2D eigenvalue weighted by Crippen LogP contribution is 2.30. The van der Waals surface area contributed by atoms with Gasteiger partial charge in [0, 0.05) is 39.3 Å². The van der Waals surface area contributed by atoms with Crippen LogP contribution in [0.5, 0.6) is 0 Å². The molecular formula is C16H33N3. The van der Waals surface area contributed by atoms with Gasteiger partial charge >= 0.3 is 0 Å². The third-order valence-corrected chi connectivity index (χ3v) is 4.43. The minimum Gasteiger partial charge on any atom is -0.330 e. The van der Waals surface area contributed by atoms with Gasteiger partial charge in [-0.2, -0.15) is 0 Å². The first-order valence-corrected chi connectivity index (χ1v) is 8.11. The normalized spacial score (nSPS) is 24.6. The first-order valence-electron chi connectivity index (χ1n) is 8.11. The maximum absolute atomic E-state index is 5.96. The van der Waals surface area contributed by atoms with Gasteiger partial charge in [-0.25, -0.2) is 0 Å². The van der Waals surface area contributed by atoms with E-state index in [0.29, 0.717) is 11.3 Å². The Bertz CT molecular complexity index is 260. The predicted octanol–water partition coefficient (Wildman–Crippen LogP) is 2.03. The zero-order chi connectivity index (χ0) is 13.9. The van der Waals surface area contributed by atoms with Gasteiger partial charge in [0.2, 0.25) is 0 Å². The van der Waals surface area contributed by atoms with Crippen molar-refractivity contribution in [2.45, 2.75) is 40.0 Å². The Morgan fingerprint density at radius 2 is 1.63 bits per heavy atom. The van der Waals surface area contributed by atoms with E-state index in [-0.39, 0.29) is 0 Å². The van der Waals surface area contributed by atoms with Gasteiger partial charge in [0.15, 0.2) is 0 Å². The van der Waals surface area contributed by atoms with E-state index in [1.807, 2.05) is 0 Å². The predicted molar refractivity (Wildman–Crippen MR) is 82.2 cm³/mol. The molecule has 0 radical (unpaired) electrons. The maximum Gasteiger partial charge on any atom is 0.0110 e. The summed E-state index contributed by atoms with van der Waals surface area (Å²) in [5.74, 6) is 1.69. The van der Waals surface area contributed by atoms with Crippen molar-refractivity contribution in [1.82, 2.24) is 9.80 Å². The zero-order valence-electron chi connectivity index (χ0n) is 13.2. The topological polar surface area (TPSA) is 32.5 Å². The van der Waals surface area contributed by atoms with Crippen LogP contribution in [0.1, 0.15) is 40.0 Å². The van der Waals surface area contributed by atoms with Gasteiger partial charge in [0.25, 0.3) is 0 Å². The molecule has 1 aliphatic carbocycles. The fourth-order valence-electron chi connectivity index (χ4n) is 3.27. The van der Waals surface area contributed by atoms with E-state index in [9.17, 15) is 0 Å². The van der Waals surface area contributed by atoms with Crippen LogP contribution < -0.4 is 5.73 Å². The van der Waals surface area contributed by atoms with E-state index in [0.717, 1.165) is 12.5 Å². The van der Waals surface area contributed by atoms with E-state index >= 15 is 0 Å². The van der Waals surface area contributed by atoms with Crippen LogP contribution in [-0.2, 0) is 0 Å². The van der Waals surface area contributed by atoms with Crippen LogP contribution in [0.2, 0.25) is 0 Å². The van der Waals surface area contributed by atoms with Crippen LogP contribution in [0.4, 0.5) is 0 Å². The summed E-state index contributed by atoms with van der Waals surface area (Å²) >= 11 is 0. The molecule has 2 fully saturated rings. The number of nitrogens with two attached hydrogens (primary N) is 1. The molecule has 3 heteroatoms. The molecule has 2 rings (SSSR count). The van der Waals surface area contributed by atoms with Crippen molar-refractivity contribution in [3.8, 4) is 0 Å². The molecule has 19 heavy (non-hydrogen) atoms. The monoisotopic (exact) mass is 267 g/mol. The average Bonchev–Trinajstić information content (AvgIpc) is 3.13. The molecule has 0 aromatic carbocycles. The second-order valence-corrected chi connectivity index (χ2v) is 7.91.